The highest BCUT2D eigenvalue weighted by Gasteiger charge is 2.22. The number of esters is 1. The highest BCUT2D eigenvalue weighted by molar-refractivity contribution is 6.00. The summed E-state index contributed by atoms with van der Waals surface area (Å²) >= 11 is 0. The van der Waals surface area contributed by atoms with E-state index < -0.39 is 5.97 Å². The van der Waals surface area contributed by atoms with E-state index in [1.165, 1.54) is 6.20 Å². The van der Waals surface area contributed by atoms with Crippen molar-refractivity contribution in [2.75, 3.05) is 19.8 Å². The Morgan fingerprint density at radius 3 is 2.86 bits per heavy atom. The molecule has 0 N–H and O–H groups in total. The Kier molecular flexibility index (Phi) is 6.46. The Bertz CT molecular complexity index is 852. The Labute approximate surface area is 164 Å². The molecule has 28 heavy (non-hydrogen) atoms. The lowest BCUT2D eigenvalue weighted by atomic mass is 10.1. The Morgan fingerprint density at radius 2 is 2.14 bits per heavy atom. The van der Waals surface area contributed by atoms with E-state index in [9.17, 15) is 9.59 Å². The summed E-state index contributed by atoms with van der Waals surface area (Å²) in [7, 11) is 0. The third kappa shape index (κ3) is 4.42. The molecule has 0 bridgehead atoms. The quantitative estimate of drug-likeness (QED) is 0.512. The molecule has 0 aliphatic carbocycles. The maximum absolute atomic E-state index is 12.6. The van der Waals surface area contributed by atoms with E-state index >= 15 is 0 Å². The standard InChI is InChI=1S/C21H26N2O5/c1-4-26-20-17(8-5-9-22-20)21(25)28-13-19(24)18-11-14(2)23(15(18)3)12-16-7-6-10-27-16/h5,8-9,11,16H,4,6-7,10,12-13H2,1-3H3/t16-/m0/s1. The van der Waals surface area contributed by atoms with Crippen LogP contribution in [0.3, 0.4) is 0 Å². The second-order valence-electron chi connectivity index (χ2n) is 6.82. The van der Waals surface area contributed by atoms with Crippen molar-refractivity contribution in [1.82, 2.24) is 9.55 Å². The molecule has 0 aromatic carbocycles. The molecule has 0 radical (unpaired) electrons. The van der Waals surface area contributed by atoms with Gasteiger partial charge in [-0.2, -0.15) is 0 Å². The van der Waals surface area contributed by atoms with Crippen LogP contribution in [0.4, 0.5) is 0 Å². The van der Waals surface area contributed by atoms with Gasteiger partial charge in [-0.25, -0.2) is 9.78 Å². The van der Waals surface area contributed by atoms with Gasteiger partial charge in [0.25, 0.3) is 0 Å². The van der Waals surface area contributed by atoms with Gasteiger partial charge >= 0.3 is 5.97 Å². The fourth-order valence-electron chi connectivity index (χ4n) is 3.44. The second kappa shape index (κ2) is 9.01. The summed E-state index contributed by atoms with van der Waals surface area (Å²) in [6.45, 7) is 7.26. The van der Waals surface area contributed by atoms with Crippen LogP contribution >= 0.6 is 0 Å². The minimum atomic E-state index is -0.627. The van der Waals surface area contributed by atoms with Gasteiger partial charge in [-0.05, 0) is 51.8 Å². The van der Waals surface area contributed by atoms with Crippen molar-refractivity contribution in [3.8, 4) is 5.88 Å². The third-order valence-corrected chi connectivity index (χ3v) is 4.89. The zero-order chi connectivity index (χ0) is 20.1. The van der Waals surface area contributed by atoms with E-state index in [0.717, 1.165) is 37.4 Å². The number of hydrogen-bond donors (Lipinski definition) is 0. The molecule has 150 valence electrons. The first-order chi connectivity index (χ1) is 13.5. The van der Waals surface area contributed by atoms with Gasteiger partial charge in [0, 0.05) is 36.3 Å². The van der Waals surface area contributed by atoms with Crippen LogP contribution in [0.25, 0.3) is 0 Å². The van der Waals surface area contributed by atoms with Crippen LogP contribution in [0.5, 0.6) is 5.88 Å². The van der Waals surface area contributed by atoms with Gasteiger partial charge in [0.05, 0.1) is 12.7 Å². The number of carbonyl (C=O) groups is 2. The number of carbonyl (C=O) groups excluding carboxylic acids is 2. The summed E-state index contributed by atoms with van der Waals surface area (Å²) < 4.78 is 18.4. The summed E-state index contributed by atoms with van der Waals surface area (Å²) in [5, 5.41) is 0. The van der Waals surface area contributed by atoms with Gasteiger partial charge in [-0.1, -0.05) is 0 Å². The molecular weight excluding hydrogens is 360 g/mol. The Hall–Kier alpha value is -2.67. The molecule has 0 amide bonds. The summed E-state index contributed by atoms with van der Waals surface area (Å²) in [5.74, 6) is -0.655. The SMILES string of the molecule is CCOc1ncccc1C(=O)OCC(=O)c1cc(C)n(C[C@@H]2CCCO2)c1C. The number of hydrogen-bond acceptors (Lipinski definition) is 6. The van der Waals surface area contributed by atoms with Gasteiger partial charge in [0.15, 0.2) is 6.61 Å². The number of Topliss-reactive ketones (excluding diaryl/α,β-unsaturated/α-hetero) is 1. The van der Waals surface area contributed by atoms with E-state index in [2.05, 4.69) is 9.55 Å². The summed E-state index contributed by atoms with van der Waals surface area (Å²) in [5.41, 5.74) is 2.64. The molecule has 2 aromatic rings. The molecule has 7 heteroatoms. The van der Waals surface area contributed by atoms with Crippen LogP contribution < -0.4 is 4.74 Å². The minimum Gasteiger partial charge on any atom is -0.477 e. The number of nitrogens with zero attached hydrogens (tertiary/aromatic N) is 2. The first-order valence-corrected chi connectivity index (χ1v) is 9.57. The fourth-order valence-corrected chi connectivity index (χ4v) is 3.44. The van der Waals surface area contributed by atoms with Crippen LogP contribution in [-0.2, 0) is 16.0 Å². The first-order valence-electron chi connectivity index (χ1n) is 9.57. The van der Waals surface area contributed by atoms with Crippen LogP contribution in [0.2, 0.25) is 0 Å². The summed E-state index contributed by atoms with van der Waals surface area (Å²) in [6, 6.07) is 5.04. The minimum absolute atomic E-state index is 0.188. The van der Waals surface area contributed by atoms with Gasteiger partial charge in [0.2, 0.25) is 11.7 Å². The lowest BCUT2D eigenvalue weighted by Crippen LogP contribution is -2.18. The molecule has 1 aliphatic rings. The molecule has 1 saturated heterocycles. The molecule has 0 saturated carbocycles. The van der Waals surface area contributed by atoms with E-state index in [0.29, 0.717) is 12.2 Å². The highest BCUT2D eigenvalue weighted by atomic mass is 16.5. The topological polar surface area (TPSA) is 79.7 Å². The smallest absolute Gasteiger partial charge is 0.344 e. The van der Waals surface area contributed by atoms with Crippen molar-refractivity contribution in [3.05, 3.63) is 46.9 Å². The molecule has 1 fully saturated rings. The number of rotatable bonds is 8. The summed E-state index contributed by atoms with van der Waals surface area (Å²) in [4.78, 5) is 29.0. The molecule has 1 aliphatic heterocycles. The molecule has 2 aromatic heterocycles. The molecule has 3 heterocycles. The second-order valence-corrected chi connectivity index (χ2v) is 6.82. The predicted octanol–water partition coefficient (Wildman–Crippen LogP) is 3.12. The summed E-state index contributed by atoms with van der Waals surface area (Å²) in [6.07, 6.45) is 3.83. The fraction of sp³-hybridized carbons (Fsp3) is 0.476. The Morgan fingerprint density at radius 1 is 1.32 bits per heavy atom. The average Bonchev–Trinajstić information content (AvgIpc) is 3.30. The molecule has 0 unspecified atom stereocenters. The number of aromatic nitrogens is 2. The van der Waals surface area contributed by atoms with E-state index in [4.69, 9.17) is 14.2 Å². The monoisotopic (exact) mass is 386 g/mol. The zero-order valence-electron chi connectivity index (χ0n) is 16.6. The van der Waals surface area contributed by atoms with Gasteiger partial charge in [0.1, 0.15) is 5.56 Å². The van der Waals surface area contributed by atoms with Crippen molar-refractivity contribution >= 4 is 11.8 Å². The van der Waals surface area contributed by atoms with Crippen LogP contribution in [0, 0.1) is 13.8 Å². The van der Waals surface area contributed by atoms with Crippen LogP contribution in [-0.4, -0.2) is 47.2 Å². The van der Waals surface area contributed by atoms with E-state index in [1.807, 2.05) is 19.9 Å². The Balaban J connectivity index is 1.66. The normalized spacial score (nSPS) is 16.2. The molecular formula is C21H26N2O5. The van der Waals surface area contributed by atoms with Crippen LogP contribution in [0.1, 0.15) is 51.9 Å². The molecule has 3 rings (SSSR count). The molecule has 0 spiro atoms. The zero-order valence-corrected chi connectivity index (χ0v) is 16.6. The third-order valence-electron chi connectivity index (χ3n) is 4.89. The first kappa shape index (κ1) is 20.1. The van der Waals surface area contributed by atoms with Crippen molar-refractivity contribution in [2.24, 2.45) is 0 Å². The maximum Gasteiger partial charge on any atom is 0.344 e. The number of aryl methyl sites for hydroxylation is 1. The number of ether oxygens (including phenoxy) is 3. The van der Waals surface area contributed by atoms with Crippen molar-refractivity contribution in [2.45, 2.75) is 46.3 Å². The van der Waals surface area contributed by atoms with Gasteiger partial charge in [-0.3, -0.25) is 4.79 Å². The van der Waals surface area contributed by atoms with Gasteiger partial charge < -0.3 is 18.8 Å². The van der Waals surface area contributed by atoms with Crippen molar-refractivity contribution in [3.63, 3.8) is 0 Å². The lowest BCUT2D eigenvalue weighted by Gasteiger charge is -2.14. The van der Waals surface area contributed by atoms with E-state index in [-0.39, 0.29) is 29.9 Å². The largest absolute Gasteiger partial charge is 0.477 e. The number of pyridine rings is 1. The van der Waals surface area contributed by atoms with E-state index in [1.54, 1.807) is 19.1 Å². The average molecular weight is 386 g/mol. The molecule has 1 atom stereocenters. The van der Waals surface area contributed by atoms with Crippen molar-refractivity contribution < 1.29 is 23.8 Å². The van der Waals surface area contributed by atoms with Gasteiger partial charge in [-0.15, -0.1) is 0 Å². The van der Waals surface area contributed by atoms with Crippen LogP contribution in [0.15, 0.2) is 24.4 Å². The predicted molar refractivity (Wildman–Crippen MR) is 103 cm³/mol. The molecule has 7 nitrogen and oxygen atoms in total. The van der Waals surface area contributed by atoms with Crippen molar-refractivity contribution in [1.29, 1.82) is 0 Å². The highest BCUT2D eigenvalue weighted by Crippen LogP contribution is 2.21. The maximum atomic E-state index is 12.6. The number of ketones is 1. The lowest BCUT2D eigenvalue weighted by molar-refractivity contribution is 0.0469.